The third-order valence-corrected chi connectivity index (χ3v) is 3.27. The van der Waals surface area contributed by atoms with Crippen LogP contribution in [0.25, 0.3) is 0 Å². The normalized spacial score (nSPS) is 19.9. The molecule has 2 N–H and O–H groups in total. The minimum Gasteiger partial charge on any atom is -0.399 e. The van der Waals surface area contributed by atoms with E-state index in [2.05, 4.69) is 17.0 Å². The summed E-state index contributed by atoms with van der Waals surface area (Å²) >= 11 is 0. The number of rotatable bonds is 2. The van der Waals surface area contributed by atoms with E-state index < -0.39 is 0 Å². The highest BCUT2D eigenvalue weighted by Gasteiger charge is 2.27. The molecule has 3 rings (SSSR count). The Balaban J connectivity index is 1.85. The summed E-state index contributed by atoms with van der Waals surface area (Å²) in [6.07, 6.45) is 4.04. The number of hydrogen-bond donors (Lipinski definition) is 1. The molecule has 0 amide bonds. The minimum absolute atomic E-state index is 0.900. The lowest BCUT2D eigenvalue weighted by molar-refractivity contribution is 0.747. The maximum atomic E-state index is 5.77. The van der Waals surface area contributed by atoms with Crippen molar-refractivity contribution in [3.8, 4) is 0 Å². The van der Waals surface area contributed by atoms with E-state index in [0.717, 1.165) is 11.6 Å². The van der Waals surface area contributed by atoms with E-state index in [9.17, 15) is 0 Å². The summed E-state index contributed by atoms with van der Waals surface area (Å²) in [6.45, 7) is 2.45. The van der Waals surface area contributed by atoms with Gasteiger partial charge in [-0.15, -0.1) is 0 Å². The molecule has 1 heterocycles. The highest BCUT2D eigenvalue weighted by Crippen LogP contribution is 2.35. The molecule has 1 aliphatic carbocycles. The van der Waals surface area contributed by atoms with Gasteiger partial charge in [-0.2, -0.15) is 0 Å². The van der Waals surface area contributed by atoms with Crippen LogP contribution in [0.15, 0.2) is 18.2 Å². The SMILES string of the molecule is Nc1ccc2c(c1)CCN2CC1CC1. The van der Waals surface area contributed by atoms with Crippen molar-refractivity contribution in [2.24, 2.45) is 5.92 Å². The first-order valence-corrected chi connectivity index (χ1v) is 5.46. The predicted molar refractivity (Wildman–Crippen MR) is 59.5 cm³/mol. The molecule has 1 aromatic rings. The van der Waals surface area contributed by atoms with Crippen molar-refractivity contribution >= 4 is 11.4 Å². The summed E-state index contributed by atoms with van der Waals surface area (Å²) in [5.74, 6) is 0.971. The Labute approximate surface area is 84.7 Å². The van der Waals surface area contributed by atoms with E-state index in [0.29, 0.717) is 0 Å². The van der Waals surface area contributed by atoms with Crippen molar-refractivity contribution in [1.29, 1.82) is 0 Å². The zero-order chi connectivity index (χ0) is 9.54. The van der Waals surface area contributed by atoms with Gasteiger partial charge in [0.2, 0.25) is 0 Å². The van der Waals surface area contributed by atoms with E-state index in [1.54, 1.807) is 0 Å². The van der Waals surface area contributed by atoms with Crippen LogP contribution < -0.4 is 10.6 Å². The summed E-state index contributed by atoms with van der Waals surface area (Å²) in [5.41, 5.74) is 9.53. The van der Waals surface area contributed by atoms with Crippen LogP contribution in [0.3, 0.4) is 0 Å². The molecule has 0 bridgehead atoms. The average molecular weight is 188 g/mol. The third kappa shape index (κ3) is 1.35. The van der Waals surface area contributed by atoms with Crippen LogP contribution >= 0.6 is 0 Å². The fourth-order valence-corrected chi connectivity index (χ4v) is 2.29. The zero-order valence-electron chi connectivity index (χ0n) is 8.37. The number of fused-ring (bicyclic) bond motifs is 1. The number of nitrogens with two attached hydrogens (primary N) is 1. The molecule has 1 aromatic carbocycles. The second-order valence-electron chi connectivity index (χ2n) is 4.53. The fraction of sp³-hybridized carbons (Fsp3) is 0.500. The Kier molecular flexibility index (Phi) is 1.69. The van der Waals surface area contributed by atoms with Crippen LogP contribution in [0.4, 0.5) is 11.4 Å². The van der Waals surface area contributed by atoms with Gasteiger partial charge < -0.3 is 10.6 Å². The molecule has 2 heteroatoms. The first-order valence-electron chi connectivity index (χ1n) is 5.46. The molecular weight excluding hydrogens is 172 g/mol. The molecule has 1 saturated carbocycles. The van der Waals surface area contributed by atoms with Crippen molar-refractivity contribution in [3.05, 3.63) is 23.8 Å². The van der Waals surface area contributed by atoms with Crippen LogP contribution in [0, 0.1) is 5.92 Å². The molecule has 0 saturated heterocycles. The summed E-state index contributed by atoms with van der Waals surface area (Å²) in [7, 11) is 0. The van der Waals surface area contributed by atoms with Gasteiger partial charge in [0.15, 0.2) is 0 Å². The highest BCUT2D eigenvalue weighted by atomic mass is 15.2. The Morgan fingerprint density at radius 1 is 1.36 bits per heavy atom. The molecule has 74 valence electrons. The molecule has 0 radical (unpaired) electrons. The lowest BCUT2D eigenvalue weighted by atomic mass is 10.1. The van der Waals surface area contributed by atoms with E-state index >= 15 is 0 Å². The lowest BCUT2D eigenvalue weighted by Crippen LogP contribution is -2.22. The Morgan fingerprint density at radius 3 is 3.00 bits per heavy atom. The van der Waals surface area contributed by atoms with E-state index in [1.807, 2.05) is 6.07 Å². The van der Waals surface area contributed by atoms with Gasteiger partial charge in [0.05, 0.1) is 0 Å². The van der Waals surface area contributed by atoms with E-state index in [-0.39, 0.29) is 0 Å². The largest absolute Gasteiger partial charge is 0.399 e. The molecule has 0 unspecified atom stereocenters. The van der Waals surface area contributed by atoms with Gasteiger partial charge in [-0.1, -0.05) is 0 Å². The predicted octanol–water partition coefficient (Wildman–Crippen LogP) is 2.04. The number of anilines is 2. The molecule has 2 aliphatic rings. The number of benzene rings is 1. The molecule has 0 spiro atoms. The van der Waals surface area contributed by atoms with Gasteiger partial charge >= 0.3 is 0 Å². The fourth-order valence-electron chi connectivity index (χ4n) is 2.29. The minimum atomic E-state index is 0.900. The van der Waals surface area contributed by atoms with Crippen molar-refractivity contribution in [1.82, 2.24) is 0 Å². The summed E-state index contributed by atoms with van der Waals surface area (Å²) in [5, 5.41) is 0. The van der Waals surface area contributed by atoms with Crippen LogP contribution in [0.5, 0.6) is 0 Å². The van der Waals surface area contributed by atoms with E-state index in [4.69, 9.17) is 5.73 Å². The topological polar surface area (TPSA) is 29.3 Å². The molecule has 1 aliphatic heterocycles. The molecule has 14 heavy (non-hydrogen) atoms. The highest BCUT2D eigenvalue weighted by molar-refractivity contribution is 5.63. The lowest BCUT2D eigenvalue weighted by Gasteiger charge is -2.18. The Morgan fingerprint density at radius 2 is 2.21 bits per heavy atom. The third-order valence-electron chi connectivity index (χ3n) is 3.27. The summed E-state index contributed by atoms with van der Waals surface area (Å²) in [6, 6.07) is 6.33. The monoisotopic (exact) mass is 188 g/mol. The first-order chi connectivity index (χ1) is 6.83. The standard InChI is InChI=1S/C12H16N2/c13-11-3-4-12-10(7-11)5-6-14(12)8-9-1-2-9/h3-4,7,9H,1-2,5-6,8,13H2. The average Bonchev–Trinajstić information content (AvgIpc) is 2.89. The number of nitrogen functional groups attached to an aromatic ring is 1. The van der Waals surface area contributed by atoms with Crippen LogP contribution in [-0.4, -0.2) is 13.1 Å². The molecule has 1 fully saturated rings. The van der Waals surface area contributed by atoms with Gasteiger partial charge in [-0.3, -0.25) is 0 Å². The van der Waals surface area contributed by atoms with Crippen LogP contribution in [-0.2, 0) is 6.42 Å². The second-order valence-corrected chi connectivity index (χ2v) is 4.53. The Bertz CT molecular complexity index is 355. The van der Waals surface area contributed by atoms with Gasteiger partial charge in [-0.05, 0) is 48.9 Å². The van der Waals surface area contributed by atoms with Gasteiger partial charge in [0.1, 0.15) is 0 Å². The number of nitrogens with zero attached hydrogens (tertiary/aromatic N) is 1. The van der Waals surface area contributed by atoms with Gasteiger partial charge in [0, 0.05) is 24.5 Å². The van der Waals surface area contributed by atoms with Crippen molar-refractivity contribution < 1.29 is 0 Å². The van der Waals surface area contributed by atoms with E-state index in [1.165, 1.54) is 43.6 Å². The smallest absolute Gasteiger partial charge is 0.0401 e. The maximum absolute atomic E-state index is 5.77. The molecule has 0 atom stereocenters. The van der Waals surface area contributed by atoms with Gasteiger partial charge in [-0.25, -0.2) is 0 Å². The Hall–Kier alpha value is -1.18. The molecule has 2 nitrogen and oxygen atoms in total. The van der Waals surface area contributed by atoms with Crippen LogP contribution in [0.1, 0.15) is 18.4 Å². The summed E-state index contributed by atoms with van der Waals surface area (Å²) < 4.78 is 0. The first kappa shape index (κ1) is 8.16. The van der Waals surface area contributed by atoms with Crippen molar-refractivity contribution in [2.45, 2.75) is 19.3 Å². The second kappa shape index (κ2) is 2.91. The number of hydrogen-bond acceptors (Lipinski definition) is 2. The van der Waals surface area contributed by atoms with Crippen LogP contribution in [0.2, 0.25) is 0 Å². The molecule has 0 aromatic heterocycles. The van der Waals surface area contributed by atoms with Gasteiger partial charge in [0.25, 0.3) is 0 Å². The van der Waals surface area contributed by atoms with Crippen molar-refractivity contribution in [3.63, 3.8) is 0 Å². The van der Waals surface area contributed by atoms with Crippen molar-refractivity contribution in [2.75, 3.05) is 23.7 Å². The quantitative estimate of drug-likeness (QED) is 0.720. The summed E-state index contributed by atoms with van der Waals surface area (Å²) in [4.78, 5) is 2.52. The maximum Gasteiger partial charge on any atom is 0.0401 e. The zero-order valence-corrected chi connectivity index (χ0v) is 8.37. The molecular formula is C12H16N2.